The van der Waals surface area contributed by atoms with E-state index < -0.39 is 80.5 Å². The van der Waals surface area contributed by atoms with Crippen LogP contribution in [0, 0.1) is 0 Å². The molecule has 0 aromatic rings. The Bertz CT molecular complexity index is 522. The van der Waals surface area contributed by atoms with Gasteiger partial charge >= 0.3 is 0 Å². The SMILES string of the molecule is O=C([O-])C1C[C@H](O[C@H]2O[C@@H](CO)[C@H](O)[C@H]2O[C@H]2O[C@@H](CO)[C@H](O)[C@H]2O)C[NH2+]1. The third-order valence-corrected chi connectivity index (χ3v) is 5.09. The highest BCUT2D eigenvalue weighted by molar-refractivity contribution is 5.69. The van der Waals surface area contributed by atoms with Gasteiger partial charge in [0.15, 0.2) is 12.6 Å². The summed E-state index contributed by atoms with van der Waals surface area (Å²) in [5.41, 5.74) is 0. The molecule has 3 fully saturated rings. The van der Waals surface area contributed by atoms with E-state index in [1.165, 1.54) is 0 Å². The molecular formula is C15H25NO11. The van der Waals surface area contributed by atoms with Crippen LogP contribution in [0.3, 0.4) is 0 Å². The third-order valence-electron chi connectivity index (χ3n) is 5.09. The molecule has 3 saturated heterocycles. The van der Waals surface area contributed by atoms with Gasteiger partial charge in [-0.2, -0.15) is 0 Å². The normalized spacial score (nSPS) is 47.6. The summed E-state index contributed by atoms with van der Waals surface area (Å²) in [5.74, 6) is -1.21. The van der Waals surface area contributed by atoms with Crippen LogP contribution in [-0.4, -0.2) is 113 Å². The fraction of sp³-hybridized carbons (Fsp3) is 0.933. The highest BCUT2D eigenvalue weighted by Gasteiger charge is 2.51. The van der Waals surface area contributed by atoms with Gasteiger partial charge in [-0.15, -0.1) is 0 Å². The van der Waals surface area contributed by atoms with E-state index in [1.54, 1.807) is 5.32 Å². The van der Waals surface area contributed by atoms with Crippen molar-refractivity contribution in [2.75, 3.05) is 19.8 Å². The van der Waals surface area contributed by atoms with Crippen molar-refractivity contribution in [3.8, 4) is 0 Å². The second-order valence-corrected chi connectivity index (χ2v) is 6.91. The van der Waals surface area contributed by atoms with Crippen molar-refractivity contribution in [2.24, 2.45) is 0 Å². The molecule has 12 nitrogen and oxygen atoms in total. The summed E-state index contributed by atoms with van der Waals surface area (Å²) in [6.07, 6.45) is -10.2. The largest absolute Gasteiger partial charge is 0.544 e. The number of carbonyl (C=O) groups is 1. The first-order valence-corrected chi connectivity index (χ1v) is 8.77. The van der Waals surface area contributed by atoms with Crippen LogP contribution in [0.25, 0.3) is 0 Å². The molecule has 1 unspecified atom stereocenters. The van der Waals surface area contributed by atoms with Gasteiger partial charge in [0.2, 0.25) is 0 Å². The molecular weight excluding hydrogens is 370 g/mol. The summed E-state index contributed by atoms with van der Waals surface area (Å²) < 4.78 is 21.9. The minimum Gasteiger partial charge on any atom is -0.544 e. The highest BCUT2D eigenvalue weighted by Crippen LogP contribution is 2.31. The zero-order valence-electron chi connectivity index (χ0n) is 14.4. The molecule has 0 aromatic carbocycles. The smallest absolute Gasteiger partial charge is 0.187 e. The minimum atomic E-state index is -1.47. The Morgan fingerprint density at radius 2 is 1.63 bits per heavy atom. The van der Waals surface area contributed by atoms with Crippen LogP contribution in [0.5, 0.6) is 0 Å². The second-order valence-electron chi connectivity index (χ2n) is 6.91. The molecule has 0 aromatic heterocycles. The number of aliphatic hydroxyl groups is 5. The summed E-state index contributed by atoms with van der Waals surface area (Å²) in [7, 11) is 0. The summed E-state index contributed by atoms with van der Waals surface area (Å²) in [6.45, 7) is -0.724. The standard InChI is InChI=1S/C15H25NO11/c17-3-7-9(19)11(21)14(25-7)27-12-10(20)8(4-18)26-15(12)24-5-1-6(13(22)23)16-2-5/h5-12,14-21H,1-4H2,(H,22,23)/t5-,6?,7-,8-,9-,10-,11+,12+,14+,15-/m0/s1. The maximum atomic E-state index is 10.9. The predicted molar refractivity (Wildman–Crippen MR) is 79.5 cm³/mol. The fourth-order valence-corrected chi connectivity index (χ4v) is 3.53. The molecule has 3 aliphatic rings. The molecule has 3 aliphatic heterocycles. The molecule has 10 atom stereocenters. The maximum absolute atomic E-state index is 10.9. The second kappa shape index (κ2) is 8.61. The van der Waals surface area contributed by atoms with Crippen LogP contribution < -0.4 is 10.4 Å². The number of aliphatic carboxylic acids is 1. The molecule has 0 bridgehead atoms. The van der Waals surface area contributed by atoms with E-state index >= 15 is 0 Å². The van der Waals surface area contributed by atoms with E-state index in [0.29, 0.717) is 6.54 Å². The van der Waals surface area contributed by atoms with Gasteiger partial charge in [-0.05, 0) is 0 Å². The number of hydrogen-bond donors (Lipinski definition) is 6. The highest BCUT2D eigenvalue weighted by atomic mass is 16.8. The third kappa shape index (κ3) is 4.24. The van der Waals surface area contributed by atoms with Gasteiger partial charge in [0.05, 0.1) is 19.2 Å². The summed E-state index contributed by atoms with van der Waals surface area (Å²) in [4.78, 5) is 10.9. The molecule has 27 heavy (non-hydrogen) atoms. The van der Waals surface area contributed by atoms with E-state index in [-0.39, 0.29) is 6.42 Å². The van der Waals surface area contributed by atoms with Gasteiger partial charge in [-0.25, -0.2) is 0 Å². The first-order valence-electron chi connectivity index (χ1n) is 8.77. The van der Waals surface area contributed by atoms with Gasteiger partial charge in [0.25, 0.3) is 0 Å². The Labute approximate surface area is 154 Å². The lowest BCUT2D eigenvalue weighted by Crippen LogP contribution is -2.90. The minimum absolute atomic E-state index is 0.169. The number of aliphatic hydroxyl groups excluding tert-OH is 5. The van der Waals surface area contributed by atoms with Crippen LogP contribution in [0.4, 0.5) is 0 Å². The molecule has 0 spiro atoms. The van der Waals surface area contributed by atoms with Crippen molar-refractivity contribution < 1.29 is 59.7 Å². The van der Waals surface area contributed by atoms with Crippen LogP contribution in [0.1, 0.15) is 6.42 Å². The Balaban J connectivity index is 1.64. The Kier molecular flexibility index (Phi) is 6.63. The summed E-state index contributed by atoms with van der Waals surface area (Å²) in [5, 5.41) is 61.1. The monoisotopic (exact) mass is 395 g/mol. The quantitative estimate of drug-likeness (QED) is 0.240. The van der Waals surface area contributed by atoms with E-state index in [4.69, 9.17) is 24.1 Å². The Morgan fingerprint density at radius 3 is 2.19 bits per heavy atom. The van der Waals surface area contributed by atoms with Gasteiger partial charge in [0, 0.05) is 6.42 Å². The number of ether oxygens (including phenoxy) is 4. The van der Waals surface area contributed by atoms with Crippen molar-refractivity contribution in [3.05, 3.63) is 0 Å². The van der Waals surface area contributed by atoms with Crippen molar-refractivity contribution in [1.82, 2.24) is 0 Å². The molecule has 156 valence electrons. The molecule has 7 N–H and O–H groups in total. The molecule has 12 heteroatoms. The number of quaternary nitrogens is 1. The van der Waals surface area contributed by atoms with Crippen molar-refractivity contribution in [2.45, 2.75) is 67.8 Å². The molecule has 0 radical (unpaired) electrons. The lowest BCUT2D eigenvalue weighted by atomic mass is 10.1. The van der Waals surface area contributed by atoms with E-state index in [2.05, 4.69) is 0 Å². The first-order chi connectivity index (χ1) is 12.8. The molecule has 0 amide bonds. The summed E-state index contributed by atoms with van der Waals surface area (Å²) in [6, 6.07) is -0.755. The molecule has 0 saturated carbocycles. The number of rotatable bonds is 7. The number of carboxylic acid groups (broad SMARTS) is 1. The number of nitrogens with two attached hydrogens (primary N) is 1. The molecule has 0 aliphatic carbocycles. The zero-order chi connectivity index (χ0) is 19.7. The van der Waals surface area contributed by atoms with Crippen LogP contribution in [0.15, 0.2) is 0 Å². The number of carboxylic acids is 1. The van der Waals surface area contributed by atoms with Crippen LogP contribution in [0.2, 0.25) is 0 Å². The van der Waals surface area contributed by atoms with E-state index in [1.807, 2.05) is 0 Å². The Hall–Kier alpha value is -0.930. The van der Waals surface area contributed by atoms with Crippen molar-refractivity contribution in [1.29, 1.82) is 0 Å². The maximum Gasteiger partial charge on any atom is 0.187 e. The van der Waals surface area contributed by atoms with Crippen LogP contribution >= 0.6 is 0 Å². The van der Waals surface area contributed by atoms with Crippen molar-refractivity contribution in [3.63, 3.8) is 0 Å². The van der Waals surface area contributed by atoms with Gasteiger partial charge < -0.3 is 59.7 Å². The van der Waals surface area contributed by atoms with Crippen LogP contribution in [-0.2, 0) is 23.7 Å². The van der Waals surface area contributed by atoms with Gasteiger partial charge in [-0.1, -0.05) is 0 Å². The summed E-state index contributed by atoms with van der Waals surface area (Å²) >= 11 is 0. The predicted octanol–water partition coefficient (Wildman–Crippen LogP) is -6.64. The lowest BCUT2D eigenvalue weighted by molar-refractivity contribution is -0.667. The number of carbonyl (C=O) groups excluding carboxylic acids is 1. The number of hydrogen-bond acceptors (Lipinski definition) is 11. The van der Waals surface area contributed by atoms with Crippen molar-refractivity contribution >= 4 is 5.97 Å². The molecule has 3 rings (SSSR count). The lowest BCUT2D eigenvalue weighted by Gasteiger charge is -2.26. The fourth-order valence-electron chi connectivity index (χ4n) is 3.53. The van der Waals surface area contributed by atoms with Gasteiger partial charge in [0.1, 0.15) is 55.3 Å². The van der Waals surface area contributed by atoms with E-state index in [0.717, 1.165) is 0 Å². The average Bonchev–Trinajstić information content (AvgIpc) is 3.30. The van der Waals surface area contributed by atoms with Gasteiger partial charge in [-0.3, -0.25) is 0 Å². The molecule has 3 heterocycles. The topological polar surface area (TPSA) is 195 Å². The Morgan fingerprint density at radius 1 is 1.00 bits per heavy atom. The average molecular weight is 395 g/mol. The first kappa shape index (κ1) is 20.8. The van der Waals surface area contributed by atoms with E-state index in [9.17, 15) is 30.3 Å². The zero-order valence-corrected chi connectivity index (χ0v) is 14.4.